The topological polar surface area (TPSA) is 59.9 Å². The third-order valence-electron chi connectivity index (χ3n) is 3.55. The molecule has 2 aromatic carbocycles. The van der Waals surface area contributed by atoms with Crippen LogP contribution in [0.2, 0.25) is 0 Å². The van der Waals surface area contributed by atoms with E-state index in [1.807, 2.05) is 32.0 Å². The van der Waals surface area contributed by atoms with E-state index >= 15 is 0 Å². The van der Waals surface area contributed by atoms with E-state index in [9.17, 15) is 13.6 Å². The van der Waals surface area contributed by atoms with Crippen LogP contribution in [0, 0.1) is 13.8 Å². The maximum Gasteiger partial charge on any atom is 0.387 e. The minimum Gasteiger partial charge on any atom is -0.483 e. The van der Waals surface area contributed by atoms with Gasteiger partial charge >= 0.3 is 6.61 Å². The number of hydrogen-bond acceptors (Lipinski definition) is 4. The van der Waals surface area contributed by atoms with E-state index in [1.54, 1.807) is 19.1 Å². The van der Waals surface area contributed by atoms with Crippen LogP contribution in [-0.2, 0) is 4.79 Å². The van der Waals surface area contributed by atoms with Crippen molar-refractivity contribution in [2.24, 2.45) is 5.10 Å². The minimum absolute atomic E-state index is 0.0579. The van der Waals surface area contributed by atoms with E-state index in [1.165, 1.54) is 12.1 Å². The van der Waals surface area contributed by atoms with Crippen molar-refractivity contribution >= 4 is 11.6 Å². The largest absolute Gasteiger partial charge is 0.483 e. The van der Waals surface area contributed by atoms with Gasteiger partial charge in [-0.3, -0.25) is 4.79 Å². The summed E-state index contributed by atoms with van der Waals surface area (Å²) < 4.78 is 34.0. The van der Waals surface area contributed by atoms with E-state index in [4.69, 9.17) is 4.74 Å². The first-order chi connectivity index (χ1) is 12.3. The van der Waals surface area contributed by atoms with Crippen molar-refractivity contribution in [3.05, 3.63) is 59.2 Å². The molecule has 0 aliphatic heterocycles. The summed E-state index contributed by atoms with van der Waals surface area (Å²) in [6, 6.07) is 11.7. The SMILES string of the molecule is C/C(=N/NC(=O)COc1cc(C)ccc1C)c1ccc(OC(F)F)cc1. The molecule has 1 amide bonds. The van der Waals surface area contributed by atoms with Gasteiger partial charge in [0.2, 0.25) is 0 Å². The number of nitrogens with zero attached hydrogens (tertiary/aromatic N) is 1. The molecule has 5 nitrogen and oxygen atoms in total. The Morgan fingerprint density at radius 1 is 1.15 bits per heavy atom. The smallest absolute Gasteiger partial charge is 0.387 e. The molecule has 0 heterocycles. The van der Waals surface area contributed by atoms with Crippen LogP contribution >= 0.6 is 0 Å². The zero-order valence-electron chi connectivity index (χ0n) is 14.8. The molecule has 0 aromatic heterocycles. The van der Waals surface area contributed by atoms with E-state index in [-0.39, 0.29) is 12.4 Å². The number of ether oxygens (including phenoxy) is 2. The average molecular weight is 362 g/mol. The lowest BCUT2D eigenvalue weighted by Gasteiger charge is -2.09. The zero-order valence-corrected chi connectivity index (χ0v) is 14.8. The predicted molar refractivity (Wildman–Crippen MR) is 94.8 cm³/mol. The first-order valence-electron chi connectivity index (χ1n) is 7.93. The van der Waals surface area contributed by atoms with E-state index < -0.39 is 12.5 Å². The zero-order chi connectivity index (χ0) is 19.1. The molecule has 138 valence electrons. The molecule has 1 N–H and O–H groups in total. The van der Waals surface area contributed by atoms with Crippen molar-refractivity contribution in [2.75, 3.05) is 6.61 Å². The molecule has 0 unspecified atom stereocenters. The van der Waals surface area contributed by atoms with Gasteiger partial charge in [-0.25, -0.2) is 5.43 Å². The van der Waals surface area contributed by atoms with Crippen LogP contribution < -0.4 is 14.9 Å². The molecule has 26 heavy (non-hydrogen) atoms. The van der Waals surface area contributed by atoms with Crippen molar-refractivity contribution in [3.8, 4) is 11.5 Å². The number of nitrogens with one attached hydrogen (secondary N) is 1. The Hall–Kier alpha value is -2.96. The van der Waals surface area contributed by atoms with Crippen LogP contribution in [0.1, 0.15) is 23.6 Å². The predicted octanol–water partition coefficient (Wildman–Crippen LogP) is 3.82. The van der Waals surface area contributed by atoms with Gasteiger partial charge in [0.15, 0.2) is 6.61 Å². The Balaban J connectivity index is 1.89. The first kappa shape index (κ1) is 19.4. The number of rotatable bonds is 7. The summed E-state index contributed by atoms with van der Waals surface area (Å²) in [7, 11) is 0. The van der Waals surface area contributed by atoms with Crippen molar-refractivity contribution in [2.45, 2.75) is 27.4 Å². The molecule has 0 saturated carbocycles. The van der Waals surface area contributed by atoms with Crippen molar-refractivity contribution < 1.29 is 23.0 Å². The highest BCUT2D eigenvalue weighted by atomic mass is 19.3. The van der Waals surface area contributed by atoms with Gasteiger partial charge in [0, 0.05) is 0 Å². The third kappa shape index (κ3) is 5.84. The van der Waals surface area contributed by atoms with Gasteiger partial charge < -0.3 is 9.47 Å². The minimum atomic E-state index is -2.87. The number of carbonyl (C=O) groups is 1. The maximum absolute atomic E-state index is 12.1. The Kier molecular flexibility index (Phi) is 6.66. The van der Waals surface area contributed by atoms with Gasteiger partial charge in [0.25, 0.3) is 5.91 Å². The van der Waals surface area contributed by atoms with Gasteiger partial charge in [-0.2, -0.15) is 13.9 Å². The monoisotopic (exact) mass is 362 g/mol. The second kappa shape index (κ2) is 8.94. The lowest BCUT2D eigenvalue weighted by molar-refractivity contribution is -0.123. The number of halogens is 2. The van der Waals surface area contributed by atoms with E-state index in [0.717, 1.165) is 11.1 Å². The molecule has 7 heteroatoms. The summed E-state index contributed by atoms with van der Waals surface area (Å²) in [5.74, 6) is 0.306. The van der Waals surface area contributed by atoms with Gasteiger partial charge in [-0.15, -0.1) is 0 Å². The molecule has 0 aliphatic carbocycles. The average Bonchev–Trinajstić information content (AvgIpc) is 2.60. The molecule has 0 fully saturated rings. The molecule has 2 rings (SSSR count). The van der Waals surface area contributed by atoms with Crippen LogP contribution in [0.15, 0.2) is 47.6 Å². The Morgan fingerprint density at radius 2 is 1.85 bits per heavy atom. The quantitative estimate of drug-likeness (QED) is 0.602. The molecule has 0 atom stereocenters. The van der Waals surface area contributed by atoms with E-state index in [0.29, 0.717) is 17.0 Å². The summed E-state index contributed by atoms with van der Waals surface area (Å²) in [5.41, 5.74) is 5.58. The van der Waals surface area contributed by atoms with Gasteiger partial charge in [0.1, 0.15) is 11.5 Å². The van der Waals surface area contributed by atoms with Crippen LogP contribution in [0.5, 0.6) is 11.5 Å². The van der Waals surface area contributed by atoms with Gasteiger partial charge in [-0.1, -0.05) is 12.1 Å². The van der Waals surface area contributed by atoms with Gasteiger partial charge in [-0.05, 0) is 67.8 Å². The summed E-state index contributed by atoms with van der Waals surface area (Å²) >= 11 is 0. The van der Waals surface area contributed by atoms with E-state index in [2.05, 4.69) is 15.3 Å². The lowest BCUT2D eigenvalue weighted by atomic mass is 10.1. The van der Waals surface area contributed by atoms with Crippen molar-refractivity contribution in [1.29, 1.82) is 0 Å². The fraction of sp³-hybridized carbons (Fsp3) is 0.263. The van der Waals surface area contributed by atoms with Gasteiger partial charge in [0.05, 0.1) is 5.71 Å². The van der Waals surface area contributed by atoms with Crippen LogP contribution in [0.4, 0.5) is 8.78 Å². The van der Waals surface area contributed by atoms with Crippen LogP contribution in [0.25, 0.3) is 0 Å². The summed E-state index contributed by atoms with van der Waals surface area (Å²) in [6.07, 6.45) is 0. The highest BCUT2D eigenvalue weighted by Crippen LogP contribution is 2.19. The van der Waals surface area contributed by atoms with Crippen molar-refractivity contribution in [1.82, 2.24) is 5.43 Å². The Labute approximate surface area is 150 Å². The summed E-state index contributed by atoms with van der Waals surface area (Å²) in [5, 5.41) is 3.99. The highest BCUT2D eigenvalue weighted by molar-refractivity contribution is 5.99. The second-order valence-corrected chi connectivity index (χ2v) is 5.69. The number of hydrogen-bond donors (Lipinski definition) is 1. The van der Waals surface area contributed by atoms with Crippen LogP contribution in [0.3, 0.4) is 0 Å². The second-order valence-electron chi connectivity index (χ2n) is 5.69. The molecule has 0 radical (unpaired) electrons. The number of alkyl halides is 2. The summed E-state index contributed by atoms with van der Waals surface area (Å²) in [4.78, 5) is 11.9. The summed E-state index contributed by atoms with van der Waals surface area (Å²) in [6.45, 7) is 2.50. The molecule has 0 bridgehead atoms. The molecule has 0 spiro atoms. The molecule has 0 saturated heterocycles. The maximum atomic E-state index is 12.1. The lowest BCUT2D eigenvalue weighted by Crippen LogP contribution is -2.25. The molecular weight excluding hydrogens is 342 g/mol. The normalized spacial score (nSPS) is 11.4. The number of benzene rings is 2. The number of hydrazone groups is 1. The molecule has 0 aliphatic rings. The number of carbonyl (C=O) groups excluding carboxylic acids is 1. The highest BCUT2D eigenvalue weighted by Gasteiger charge is 2.07. The first-order valence-corrected chi connectivity index (χ1v) is 7.93. The fourth-order valence-corrected chi connectivity index (χ4v) is 2.13. The number of amides is 1. The standard InChI is InChI=1S/C19H20F2N2O3/c1-12-4-5-13(2)17(10-12)25-11-18(24)23-22-14(3)15-6-8-16(9-7-15)26-19(20)21/h4-10,19H,11H2,1-3H3,(H,23,24)/b22-14-. The fourth-order valence-electron chi connectivity index (χ4n) is 2.13. The molecular formula is C19H20F2N2O3. The molecule has 2 aromatic rings. The Bertz CT molecular complexity index is 790. The number of aryl methyl sites for hydroxylation is 2. The third-order valence-corrected chi connectivity index (χ3v) is 3.55. The van der Waals surface area contributed by atoms with Crippen LogP contribution in [-0.4, -0.2) is 24.8 Å². The van der Waals surface area contributed by atoms with Crippen molar-refractivity contribution in [3.63, 3.8) is 0 Å². The Morgan fingerprint density at radius 3 is 2.50 bits per heavy atom.